The molecule has 1 unspecified atom stereocenters. The van der Waals surface area contributed by atoms with E-state index in [4.69, 9.17) is 9.47 Å². The molecule has 25 heavy (non-hydrogen) atoms. The molecule has 1 N–H and O–H groups in total. The molecule has 1 atom stereocenters. The van der Waals surface area contributed by atoms with E-state index in [2.05, 4.69) is 9.72 Å². The Morgan fingerprint density at radius 1 is 1.36 bits per heavy atom. The number of rotatable bonds is 5. The molecule has 1 aliphatic heterocycles. The maximum absolute atomic E-state index is 12.6. The highest BCUT2D eigenvalue weighted by Gasteiger charge is 2.29. The van der Waals surface area contributed by atoms with Crippen molar-refractivity contribution in [2.75, 3.05) is 27.3 Å². The summed E-state index contributed by atoms with van der Waals surface area (Å²) < 4.78 is 42.4. The van der Waals surface area contributed by atoms with Crippen LogP contribution in [0.5, 0.6) is 11.5 Å². The zero-order valence-electron chi connectivity index (χ0n) is 13.8. The summed E-state index contributed by atoms with van der Waals surface area (Å²) in [6.07, 6.45) is 0.819. The molecule has 9 heteroatoms. The zero-order valence-corrected chi connectivity index (χ0v) is 14.6. The van der Waals surface area contributed by atoms with Gasteiger partial charge >= 0.3 is 5.97 Å². The van der Waals surface area contributed by atoms with Crippen molar-refractivity contribution in [1.29, 1.82) is 0 Å². The highest BCUT2D eigenvalue weighted by Crippen LogP contribution is 2.31. The predicted molar refractivity (Wildman–Crippen MR) is 88.3 cm³/mol. The Morgan fingerprint density at radius 3 is 2.80 bits per heavy atom. The number of carbonyl (C=O) groups excluding carboxylic acids is 1. The molecule has 2 heterocycles. The average Bonchev–Trinajstić information content (AvgIpc) is 3.12. The van der Waals surface area contributed by atoms with E-state index in [9.17, 15) is 13.2 Å². The normalized spacial score (nSPS) is 16.7. The molecule has 2 aromatic rings. The fourth-order valence-electron chi connectivity index (χ4n) is 2.47. The topological polar surface area (TPSA) is 97.9 Å². The highest BCUT2D eigenvalue weighted by molar-refractivity contribution is 7.89. The Labute approximate surface area is 145 Å². The molecule has 134 valence electrons. The van der Waals surface area contributed by atoms with E-state index in [1.165, 1.54) is 30.7 Å². The van der Waals surface area contributed by atoms with Crippen molar-refractivity contribution in [3.8, 4) is 11.5 Å². The van der Waals surface area contributed by atoms with Crippen molar-refractivity contribution in [3.05, 3.63) is 42.2 Å². The van der Waals surface area contributed by atoms with Crippen LogP contribution in [-0.2, 0) is 14.8 Å². The number of aromatic nitrogens is 1. The predicted octanol–water partition coefficient (Wildman–Crippen LogP) is 1.26. The number of hydrogen-bond donors (Lipinski definition) is 1. The third-order valence-corrected chi connectivity index (χ3v) is 5.60. The number of para-hydroxylation sites is 2. The lowest BCUT2D eigenvalue weighted by Gasteiger charge is -2.29. The van der Waals surface area contributed by atoms with E-state index in [1.807, 2.05) is 12.1 Å². The lowest BCUT2D eigenvalue weighted by molar-refractivity contribution is 0.0594. The molecule has 0 amide bonds. The van der Waals surface area contributed by atoms with Crippen molar-refractivity contribution >= 4 is 16.0 Å². The number of likely N-dealkylation sites (N-methyl/N-ethyl adjacent to an activating group) is 1. The second-order valence-corrected chi connectivity index (χ2v) is 7.57. The van der Waals surface area contributed by atoms with Gasteiger partial charge in [-0.05, 0) is 18.2 Å². The van der Waals surface area contributed by atoms with Crippen LogP contribution in [0.25, 0.3) is 0 Å². The summed E-state index contributed by atoms with van der Waals surface area (Å²) in [5.41, 5.74) is 0.0700. The summed E-state index contributed by atoms with van der Waals surface area (Å²) in [7, 11) is -1.11. The minimum atomic E-state index is -3.78. The number of methoxy groups -OCH3 is 1. The molecule has 1 aliphatic rings. The van der Waals surface area contributed by atoms with Crippen LogP contribution >= 0.6 is 0 Å². The van der Waals surface area contributed by atoms with Gasteiger partial charge in [-0.15, -0.1) is 0 Å². The van der Waals surface area contributed by atoms with Gasteiger partial charge < -0.3 is 19.2 Å². The van der Waals surface area contributed by atoms with E-state index in [0.717, 1.165) is 0 Å². The first kappa shape index (κ1) is 17.3. The van der Waals surface area contributed by atoms with Gasteiger partial charge in [0.1, 0.15) is 23.3 Å². The second-order valence-electron chi connectivity index (χ2n) is 5.52. The average molecular weight is 366 g/mol. The molecular formula is C16H18N2O6S. The van der Waals surface area contributed by atoms with Crippen LogP contribution in [0, 0.1) is 0 Å². The monoisotopic (exact) mass is 366 g/mol. The molecule has 0 aliphatic carbocycles. The summed E-state index contributed by atoms with van der Waals surface area (Å²) in [5.74, 6) is 0.585. The number of benzene rings is 1. The van der Waals surface area contributed by atoms with Crippen LogP contribution < -0.4 is 9.47 Å². The van der Waals surface area contributed by atoms with Gasteiger partial charge in [0.2, 0.25) is 10.0 Å². The number of ether oxygens (including phenoxy) is 3. The van der Waals surface area contributed by atoms with Gasteiger partial charge in [-0.2, -0.15) is 4.31 Å². The SMILES string of the molecule is COC(=O)c1cc(S(=O)(=O)N(C)CC2COc3ccccc3O2)c[nH]1. The summed E-state index contributed by atoms with van der Waals surface area (Å²) in [5, 5.41) is 0. The lowest BCUT2D eigenvalue weighted by Crippen LogP contribution is -2.41. The molecule has 3 rings (SSSR count). The molecule has 0 radical (unpaired) electrons. The molecule has 1 aromatic carbocycles. The Bertz CT molecular complexity index is 876. The van der Waals surface area contributed by atoms with Crippen molar-refractivity contribution < 1.29 is 27.4 Å². The first-order valence-electron chi connectivity index (χ1n) is 7.53. The van der Waals surface area contributed by atoms with Gasteiger partial charge in [0.15, 0.2) is 11.5 Å². The van der Waals surface area contributed by atoms with Crippen LogP contribution in [-0.4, -0.2) is 57.1 Å². The number of nitrogens with zero attached hydrogens (tertiary/aromatic N) is 1. The number of sulfonamides is 1. The van der Waals surface area contributed by atoms with Crippen molar-refractivity contribution in [2.24, 2.45) is 0 Å². The Hall–Kier alpha value is -2.52. The standard InChI is InChI=1S/C16H18N2O6S/c1-18(9-11-10-23-14-5-3-4-6-15(14)24-11)25(20,21)12-7-13(17-8-12)16(19)22-2/h3-8,11,17H,9-10H2,1-2H3. The van der Waals surface area contributed by atoms with Gasteiger partial charge in [0, 0.05) is 13.2 Å². The summed E-state index contributed by atoms with van der Waals surface area (Å²) in [6.45, 7) is 0.354. The highest BCUT2D eigenvalue weighted by atomic mass is 32.2. The van der Waals surface area contributed by atoms with Crippen LogP contribution in [0.1, 0.15) is 10.5 Å². The van der Waals surface area contributed by atoms with Crippen molar-refractivity contribution in [1.82, 2.24) is 9.29 Å². The van der Waals surface area contributed by atoms with Crippen LogP contribution in [0.4, 0.5) is 0 Å². The van der Waals surface area contributed by atoms with E-state index >= 15 is 0 Å². The molecule has 8 nitrogen and oxygen atoms in total. The fraction of sp³-hybridized carbons (Fsp3) is 0.312. The van der Waals surface area contributed by atoms with Crippen LogP contribution in [0.2, 0.25) is 0 Å². The lowest BCUT2D eigenvalue weighted by atomic mass is 10.2. The van der Waals surface area contributed by atoms with E-state index in [-0.39, 0.29) is 23.7 Å². The number of H-pyrrole nitrogens is 1. The zero-order chi connectivity index (χ0) is 18.0. The second kappa shape index (κ2) is 6.77. The van der Waals surface area contributed by atoms with Gasteiger partial charge in [-0.3, -0.25) is 0 Å². The van der Waals surface area contributed by atoms with Gasteiger partial charge in [0.25, 0.3) is 0 Å². The maximum Gasteiger partial charge on any atom is 0.354 e. The van der Waals surface area contributed by atoms with E-state index in [0.29, 0.717) is 11.5 Å². The third kappa shape index (κ3) is 3.47. The summed E-state index contributed by atoms with van der Waals surface area (Å²) >= 11 is 0. The van der Waals surface area contributed by atoms with Crippen molar-refractivity contribution in [3.63, 3.8) is 0 Å². The molecule has 0 spiro atoms. The van der Waals surface area contributed by atoms with Gasteiger partial charge in [0.05, 0.1) is 13.7 Å². The summed E-state index contributed by atoms with van der Waals surface area (Å²) in [6, 6.07) is 8.46. The third-order valence-electron chi connectivity index (χ3n) is 3.80. The molecule has 0 saturated carbocycles. The van der Waals surface area contributed by atoms with Crippen molar-refractivity contribution in [2.45, 2.75) is 11.0 Å². The minimum absolute atomic E-state index is 0.0208. The minimum Gasteiger partial charge on any atom is -0.486 e. The smallest absolute Gasteiger partial charge is 0.354 e. The van der Waals surface area contributed by atoms with Crippen LogP contribution in [0.15, 0.2) is 41.4 Å². The van der Waals surface area contributed by atoms with E-state index < -0.39 is 22.1 Å². The Morgan fingerprint density at radius 2 is 2.08 bits per heavy atom. The first-order valence-corrected chi connectivity index (χ1v) is 8.97. The van der Waals surface area contributed by atoms with Gasteiger partial charge in [-0.25, -0.2) is 13.2 Å². The number of aromatic amines is 1. The largest absolute Gasteiger partial charge is 0.486 e. The number of esters is 1. The van der Waals surface area contributed by atoms with Gasteiger partial charge in [-0.1, -0.05) is 12.1 Å². The number of carbonyl (C=O) groups is 1. The Balaban J connectivity index is 1.71. The number of nitrogens with one attached hydrogen (secondary N) is 1. The molecular weight excluding hydrogens is 348 g/mol. The number of fused-ring (bicyclic) bond motifs is 1. The Kier molecular flexibility index (Phi) is 4.69. The first-order chi connectivity index (χ1) is 11.9. The summed E-state index contributed by atoms with van der Waals surface area (Å²) in [4.78, 5) is 14.0. The molecule has 0 fully saturated rings. The number of hydrogen-bond acceptors (Lipinski definition) is 6. The molecule has 0 bridgehead atoms. The van der Waals surface area contributed by atoms with E-state index in [1.54, 1.807) is 12.1 Å². The fourth-order valence-corrected chi connectivity index (χ4v) is 3.67. The molecule has 0 saturated heterocycles. The quantitative estimate of drug-likeness (QED) is 0.800. The molecule has 1 aromatic heterocycles. The maximum atomic E-state index is 12.6. The van der Waals surface area contributed by atoms with Crippen LogP contribution in [0.3, 0.4) is 0 Å².